The molecule has 2 atom stereocenters. The van der Waals surface area contributed by atoms with Gasteiger partial charge in [0.1, 0.15) is 11.8 Å². The number of ether oxygens (including phenoxy) is 1. The van der Waals surface area contributed by atoms with Crippen LogP contribution in [-0.4, -0.2) is 33.8 Å². The average Bonchev–Trinajstić information content (AvgIpc) is 3.32. The van der Waals surface area contributed by atoms with Gasteiger partial charge in [0.05, 0.1) is 11.1 Å². The monoisotopic (exact) mass is 378 g/mol. The van der Waals surface area contributed by atoms with Gasteiger partial charge in [0.25, 0.3) is 0 Å². The van der Waals surface area contributed by atoms with E-state index in [0.717, 1.165) is 29.3 Å². The van der Waals surface area contributed by atoms with Crippen molar-refractivity contribution in [3.8, 4) is 16.5 Å². The van der Waals surface area contributed by atoms with Gasteiger partial charge in [0.2, 0.25) is 5.88 Å². The summed E-state index contributed by atoms with van der Waals surface area (Å²) in [7, 11) is 0. The summed E-state index contributed by atoms with van der Waals surface area (Å²) in [6.45, 7) is 4.27. The number of piperidine rings is 1. The summed E-state index contributed by atoms with van der Waals surface area (Å²) in [5, 5.41) is 9.44. The molecule has 1 fully saturated rings. The number of rotatable bonds is 4. The molecule has 5 rings (SSSR count). The summed E-state index contributed by atoms with van der Waals surface area (Å²) in [5.41, 5.74) is 1.84. The van der Waals surface area contributed by atoms with Crippen molar-refractivity contribution in [3.05, 3.63) is 48.7 Å². The molecule has 3 aromatic heterocycles. The standard InChI is InChI=1S/C21H22N4OS/c1-14(16-6-4-10-22-12-16)26-21-9-8-20-23-13-17(25(20)24-21)19-11-15-5-2-3-7-18(15)27-19/h2-3,5,7-9,11,13-14,16,22H,4,6,10,12H2,1H3. The van der Waals surface area contributed by atoms with Crippen molar-refractivity contribution in [3.63, 3.8) is 0 Å². The number of hydrogen-bond donors (Lipinski definition) is 1. The van der Waals surface area contributed by atoms with Gasteiger partial charge in [-0.1, -0.05) is 18.2 Å². The van der Waals surface area contributed by atoms with Gasteiger partial charge in [0.15, 0.2) is 5.65 Å². The fraction of sp³-hybridized carbons (Fsp3) is 0.333. The van der Waals surface area contributed by atoms with E-state index in [1.165, 1.54) is 22.9 Å². The minimum Gasteiger partial charge on any atom is -0.473 e. The Balaban J connectivity index is 1.47. The van der Waals surface area contributed by atoms with Gasteiger partial charge in [0, 0.05) is 23.2 Å². The van der Waals surface area contributed by atoms with Crippen molar-refractivity contribution in [2.45, 2.75) is 25.9 Å². The minimum atomic E-state index is 0.138. The average molecular weight is 379 g/mol. The smallest absolute Gasteiger partial charge is 0.232 e. The van der Waals surface area contributed by atoms with Crippen molar-refractivity contribution < 1.29 is 4.74 Å². The van der Waals surface area contributed by atoms with Crippen LogP contribution in [-0.2, 0) is 0 Å². The quantitative estimate of drug-likeness (QED) is 0.573. The molecular weight excluding hydrogens is 356 g/mol. The normalized spacial score (nSPS) is 18.8. The molecule has 0 amide bonds. The number of aromatic nitrogens is 3. The van der Waals surface area contributed by atoms with Gasteiger partial charge in [-0.05, 0) is 49.9 Å². The lowest BCUT2D eigenvalue weighted by molar-refractivity contribution is 0.124. The van der Waals surface area contributed by atoms with Gasteiger partial charge >= 0.3 is 0 Å². The predicted octanol–water partition coefficient (Wildman–Crippen LogP) is 4.38. The van der Waals surface area contributed by atoms with Crippen LogP contribution in [0.4, 0.5) is 0 Å². The number of nitrogens with zero attached hydrogens (tertiary/aromatic N) is 3. The molecule has 0 saturated carbocycles. The molecule has 5 nitrogen and oxygen atoms in total. The molecule has 2 unspecified atom stereocenters. The molecule has 27 heavy (non-hydrogen) atoms. The van der Waals surface area contributed by atoms with Gasteiger partial charge in [-0.25, -0.2) is 9.50 Å². The molecule has 1 aromatic carbocycles. The number of hydrogen-bond acceptors (Lipinski definition) is 5. The molecule has 4 heterocycles. The molecule has 0 spiro atoms. The maximum atomic E-state index is 6.18. The van der Waals surface area contributed by atoms with Gasteiger partial charge in [-0.3, -0.25) is 0 Å². The third kappa shape index (κ3) is 3.19. The van der Waals surface area contributed by atoms with E-state index in [-0.39, 0.29) is 6.10 Å². The van der Waals surface area contributed by atoms with Crippen molar-refractivity contribution in [2.24, 2.45) is 5.92 Å². The minimum absolute atomic E-state index is 0.138. The zero-order valence-electron chi connectivity index (χ0n) is 15.3. The topological polar surface area (TPSA) is 51.5 Å². The highest BCUT2D eigenvalue weighted by Gasteiger charge is 2.22. The third-order valence-corrected chi connectivity index (χ3v) is 6.46. The van der Waals surface area contributed by atoms with Crippen LogP contribution in [0.1, 0.15) is 19.8 Å². The SMILES string of the molecule is CC(Oc1ccc2ncc(-c3cc4ccccc4s3)n2n1)C1CCCNC1. The molecule has 0 bridgehead atoms. The zero-order valence-corrected chi connectivity index (χ0v) is 16.1. The Hall–Kier alpha value is -2.44. The molecule has 4 aromatic rings. The Morgan fingerprint density at radius 2 is 2.19 bits per heavy atom. The molecule has 6 heteroatoms. The first-order valence-corrected chi connectivity index (χ1v) is 10.3. The summed E-state index contributed by atoms with van der Waals surface area (Å²) in [6, 6.07) is 14.5. The summed E-state index contributed by atoms with van der Waals surface area (Å²) in [6.07, 6.45) is 4.45. The number of thiophene rings is 1. The van der Waals surface area contributed by atoms with E-state index in [1.54, 1.807) is 11.3 Å². The van der Waals surface area contributed by atoms with Gasteiger partial charge in [-0.2, -0.15) is 0 Å². The van der Waals surface area contributed by atoms with Crippen LogP contribution in [0, 0.1) is 5.92 Å². The molecule has 1 N–H and O–H groups in total. The highest BCUT2D eigenvalue weighted by atomic mass is 32.1. The number of benzene rings is 1. The lowest BCUT2D eigenvalue weighted by Gasteiger charge is -2.28. The Bertz CT molecular complexity index is 1050. The van der Waals surface area contributed by atoms with Crippen molar-refractivity contribution in [1.29, 1.82) is 0 Å². The lowest BCUT2D eigenvalue weighted by atomic mass is 9.95. The van der Waals surface area contributed by atoms with Crippen LogP contribution in [0.15, 0.2) is 48.7 Å². The first-order valence-electron chi connectivity index (χ1n) is 9.49. The first-order chi connectivity index (χ1) is 13.3. The van der Waals surface area contributed by atoms with Crippen LogP contribution < -0.4 is 10.1 Å². The van der Waals surface area contributed by atoms with E-state index < -0.39 is 0 Å². The molecule has 138 valence electrons. The lowest BCUT2D eigenvalue weighted by Crippen LogP contribution is -2.38. The fourth-order valence-electron chi connectivity index (χ4n) is 3.76. The van der Waals surface area contributed by atoms with Gasteiger partial charge < -0.3 is 10.1 Å². The van der Waals surface area contributed by atoms with E-state index in [1.807, 2.05) is 22.8 Å². The van der Waals surface area contributed by atoms with Crippen LogP contribution in [0.5, 0.6) is 5.88 Å². The Morgan fingerprint density at radius 3 is 3.04 bits per heavy atom. The molecule has 1 aliphatic heterocycles. The summed E-state index contributed by atoms with van der Waals surface area (Å²) < 4.78 is 9.35. The van der Waals surface area contributed by atoms with Crippen LogP contribution >= 0.6 is 11.3 Å². The maximum Gasteiger partial charge on any atom is 0.232 e. The van der Waals surface area contributed by atoms with Crippen molar-refractivity contribution in [1.82, 2.24) is 19.9 Å². The Kier molecular flexibility index (Phi) is 4.30. The highest BCUT2D eigenvalue weighted by molar-refractivity contribution is 7.22. The molecular formula is C21H22N4OS. The molecule has 0 radical (unpaired) electrons. The molecule has 1 aliphatic rings. The zero-order chi connectivity index (χ0) is 18.2. The summed E-state index contributed by atoms with van der Waals surface area (Å²) in [4.78, 5) is 5.68. The molecule has 1 saturated heterocycles. The van der Waals surface area contributed by atoms with Gasteiger partial charge in [-0.15, -0.1) is 16.4 Å². The van der Waals surface area contributed by atoms with E-state index >= 15 is 0 Å². The summed E-state index contributed by atoms with van der Waals surface area (Å²) in [5.74, 6) is 1.18. The number of imidazole rings is 1. The predicted molar refractivity (Wildman–Crippen MR) is 109 cm³/mol. The largest absolute Gasteiger partial charge is 0.473 e. The van der Waals surface area contributed by atoms with E-state index in [2.05, 4.69) is 47.6 Å². The summed E-state index contributed by atoms with van der Waals surface area (Å²) >= 11 is 1.76. The van der Waals surface area contributed by atoms with Crippen LogP contribution in [0.2, 0.25) is 0 Å². The maximum absolute atomic E-state index is 6.18. The van der Waals surface area contributed by atoms with E-state index in [9.17, 15) is 0 Å². The second-order valence-electron chi connectivity index (χ2n) is 7.16. The fourth-order valence-corrected chi connectivity index (χ4v) is 4.82. The molecule has 0 aliphatic carbocycles. The van der Waals surface area contributed by atoms with Crippen molar-refractivity contribution in [2.75, 3.05) is 13.1 Å². The Morgan fingerprint density at radius 1 is 1.26 bits per heavy atom. The highest BCUT2D eigenvalue weighted by Crippen LogP contribution is 2.33. The second-order valence-corrected chi connectivity index (χ2v) is 8.25. The first kappa shape index (κ1) is 16.7. The number of fused-ring (bicyclic) bond motifs is 2. The van der Waals surface area contributed by atoms with Crippen LogP contribution in [0.3, 0.4) is 0 Å². The van der Waals surface area contributed by atoms with E-state index in [4.69, 9.17) is 9.84 Å². The second kappa shape index (κ2) is 6.94. The third-order valence-electron chi connectivity index (χ3n) is 5.32. The van der Waals surface area contributed by atoms with Crippen LogP contribution in [0.25, 0.3) is 26.3 Å². The van der Waals surface area contributed by atoms with Crippen molar-refractivity contribution >= 4 is 27.1 Å². The Labute approximate surface area is 162 Å². The van der Waals surface area contributed by atoms with E-state index in [0.29, 0.717) is 11.8 Å². The number of nitrogens with one attached hydrogen (secondary N) is 1.